The van der Waals surface area contributed by atoms with E-state index in [1.807, 2.05) is 0 Å². The highest BCUT2D eigenvalue weighted by Crippen LogP contribution is 2.32. The van der Waals surface area contributed by atoms with Crippen LogP contribution in [0.3, 0.4) is 0 Å². The van der Waals surface area contributed by atoms with Crippen molar-refractivity contribution in [1.29, 1.82) is 0 Å². The molecular weight excluding hydrogens is 267 g/mol. The summed E-state index contributed by atoms with van der Waals surface area (Å²) in [5.41, 5.74) is 0.650. The summed E-state index contributed by atoms with van der Waals surface area (Å²) < 4.78 is 38.7. The van der Waals surface area contributed by atoms with Gasteiger partial charge in [0.15, 0.2) is 6.04 Å². The van der Waals surface area contributed by atoms with Crippen LogP contribution >= 0.6 is 0 Å². The molecule has 104 valence electrons. The first-order valence-corrected chi connectivity index (χ1v) is 5.35. The molecule has 0 aromatic carbocycles. The van der Waals surface area contributed by atoms with Gasteiger partial charge in [-0.2, -0.15) is 18.3 Å². The van der Waals surface area contributed by atoms with E-state index in [4.69, 9.17) is 5.11 Å². The fourth-order valence-corrected chi connectivity index (χ4v) is 2.19. The van der Waals surface area contributed by atoms with Crippen LogP contribution in [-0.2, 0) is 23.1 Å². The van der Waals surface area contributed by atoms with E-state index < -0.39 is 24.1 Å². The highest BCUT2D eigenvalue weighted by Gasteiger charge is 2.48. The van der Waals surface area contributed by atoms with Gasteiger partial charge >= 0.3 is 18.1 Å². The average molecular weight is 277 g/mol. The number of carbonyl (C=O) groups is 2. The van der Waals surface area contributed by atoms with Crippen LogP contribution in [0, 0.1) is 0 Å². The van der Waals surface area contributed by atoms with E-state index in [1.165, 1.54) is 10.9 Å². The van der Waals surface area contributed by atoms with Crippen LogP contribution in [0.4, 0.5) is 13.2 Å². The molecular formula is C10H10F3N3O3. The van der Waals surface area contributed by atoms with Crippen molar-refractivity contribution in [2.75, 3.05) is 6.54 Å². The van der Waals surface area contributed by atoms with Gasteiger partial charge in [-0.1, -0.05) is 0 Å². The van der Waals surface area contributed by atoms with Crippen LogP contribution in [0.1, 0.15) is 17.3 Å². The van der Waals surface area contributed by atoms with E-state index in [2.05, 4.69) is 5.10 Å². The molecule has 1 aliphatic heterocycles. The number of aromatic nitrogens is 2. The van der Waals surface area contributed by atoms with Crippen LogP contribution in [0.25, 0.3) is 0 Å². The van der Waals surface area contributed by atoms with Crippen LogP contribution in [0.5, 0.6) is 0 Å². The number of nitrogens with zero attached hydrogens (tertiary/aromatic N) is 3. The number of hydrogen-bond donors (Lipinski definition) is 1. The summed E-state index contributed by atoms with van der Waals surface area (Å²) in [6.07, 6.45) is -3.77. The standard InChI is InChI=1S/C10H10F3N3O3/c1-15-6-2-3-16(9(19)10(11,12)13)7(8(17)18)5(6)4-14-15/h4,7H,2-3H2,1H3,(H,17,18). The topological polar surface area (TPSA) is 75.4 Å². The summed E-state index contributed by atoms with van der Waals surface area (Å²) in [5, 5.41) is 12.9. The van der Waals surface area contributed by atoms with Gasteiger partial charge in [-0.15, -0.1) is 0 Å². The molecule has 1 atom stereocenters. The minimum Gasteiger partial charge on any atom is -0.479 e. The molecule has 1 aromatic rings. The summed E-state index contributed by atoms with van der Waals surface area (Å²) >= 11 is 0. The Morgan fingerprint density at radius 1 is 1.47 bits per heavy atom. The second-order valence-corrected chi connectivity index (χ2v) is 4.16. The molecule has 2 rings (SSSR count). The van der Waals surface area contributed by atoms with Gasteiger partial charge < -0.3 is 10.0 Å². The Hall–Kier alpha value is -2.06. The van der Waals surface area contributed by atoms with Crippen molar-refractivity contribution in [2.45, 2.75) is 18.6 Å². The van der Waals surface area contributed by atoms with Gasteiger partial charge in [0.2, 0.25) is 0 Å². The first kappa shape index (κ1) is 13.4. The monoisotopic (exact) mass is 277 g/mol. The van der Waals surface area contributed by atoms with Gasteiger partial charge in [0.05, 0.1) is 6.20 Å². The van der Waals surface area contributed by atoms with Gasteiger partial charge in [-0.25, -0.2) is 4.79 Å². The van der Waals surface area contributed by atoms with Crippen LogP contribution in [0.2, 0.25) is 0 Å². The molecule has 0 saturated heterocycles. The summed E-state index contributed by atoms with van der Waals surface area (Å²) in [5.74, 6) is -3.65. The Bertz CT molecular complexity index is 538. The summed E-state index contributed by atoms with van der Waals surface area (Å²) in [6.45, 7) is -0.304. The van der Waals surface area contributed by atoms with Crippen molar-refractivity contribution in [3.8, 4) is 0 Å². The first-order chi connectivity index (χ1) is 8.73. The van der Waals surface area contributed by atoms with Gasteiger partial charge in [0.1, 0.15) is 0 Å². The lowest BCUT2D eigenvalue weighted by molar-refractivity contribution is -0.190. The number of rotatable bonds is 1. The molecule has 0 fully saturated rings. The number of aryl methyl sites for hydroxylation is 1. The molecule has 0 bridgehead atoms. The number of halogens is 3. The van der Waals surface area contributed by atoms with Gasteiger partial charge in [-0.05, 0) is 0 Å². The first-order valence-electron chi connectivity index (χ1n) is 5.35. The van der Waals surface area contributed by atoms with Crippen molar-refractivity contribution >= 4 is 11.9 Å². The maximum atomic E-state index is 12.4. The van der Waals surface area contributed by atoms with E-state index in [1.54, 1.807) is 7.05 Å². The smallest absolute Gasteiger partial charge is 0.471 e. The second-order valence-electron chi connectivity index (χ2n) is 4.16. The van der Waals surface area contributed by atoms with Crippen molar-refractivity contribution in [3.63, 3.8) is 0 Å². The lowest BCUT2D eigenvalue weighted by Gasteiger charge is -2.33. The van der Waals surface area contributed by atoms with Crippen molar-refractivity contribution in [3.05, 3.63) is 17.5 Å². The van der Waals surface area contributed by atoms with Gasteiger partial charge in [0.25, 0.3) is 0 Å². The van der Waals surface area contributed by atoms with Crippen LogP contribution in [-0.4, -0.2) is 44.4 Å². The fraction of sp³-hybridized carbons (Fsp3) is 0.500. The Morgan fingerprint density at radius 3 is 2.63 bits per heavy atom. The highest BCUT2D eigenvalue weighted by molar-refractivity contribution is 5.88. The van der Waals surface area contributed by atoms with Crippen molar-refractivity contribution in [1.82, 2.24) is 14.7 Å². The lowest BCUT2D eigenvalue weighted by Crippen LogP contribution is -2.48. The third-order valence-electron chi connectivity index (χ3n) is 3.03. The predicted octanol–water partition coefficient (Wildman–Crippen LogP) is 0.493. The summed E-state index contributed by atoms with van der Waals surface area (Å²) in [7, 11) is 1.57. The van der Waals surface area contributed by atoms with Crippen LogP contribution in [0.15, 0.2) is 6.20 Å². The molecule has 0 aliphatic carbocycles. The van der Waals surface area contributed by atoms with E-state index in [9.17, 15) is 22.8 Å². The summed E-state index contributed by atoms with van der Waals surface area (Å²) in [4.78, 5) is 22.8. The zero-order valence-electron chi connectivity index (χ0n) is 9.81. The Morgan fingerprint density at radius 2 is 2.11 bits per heavy atom. The number of amides is 1. The zero-order chi connectivity index (χ0) is 14.4. The molecule has 1 amide bonds. The molecule has 0 saturated carbocycles. The highest BCUT2D eigenvalue weighted by atomic mass is 19.4. The van der Waals surface area contributed by atoms with Crippen LogP contribution < -0.4 is 0 Å². The summed E-state index contributed by atoms with van der Waals surface area (Å²) in [6, 6.07) is -1.65. The number of alkyl halides is 3. The van der Waals surface area contributed by atoms with E-state index in [0.29, 0.717) is 10.6 Å². The molecule has 1 aromatic heterocycles. The molecule has 6 nitrogen and oxygen atoms in total. The minimum atomic E-state index is -5.09. The number of carbonyl (C=O) groups excluding carboxylic acids is 1. The maximum Gasteiger partial charge on any atom is 0.471 e. The number of aliphatic carboxylic acids is 1. The Balaban J connectivity index is 2.44. The molecule has 1 N–H and O–H groups in total. The van der Waals surface area contributed by atoms with Crippen molar-refractivity contribution in [2.24, 2.45) is 7.05 Å². The number of carboxylic acids is 1. The lowest BCUT2D eigenvalue weighted by atomic mass is 9.99. The number of hydrogen-bond acceptors (Lipinski definition) is 3. The van der Waals surface area contributed by atoms with E-state index in [-0.39, 0.29) is 18.5 Å². The molecule has 19 heavy (non-hydrogen) atoms. The zero-order valence-corrected chi connectivity index (χ0v) is 9.81. The van der Waals surface area contributed by atoms with Gasteiger partial charge in [-0.3, -0.25) is 9.48 Å². The van der Waals surface area contributed by atoms with E-state index in [0.717, 1.165) is 0 Å². The normalized spacial score (nSPS) is 19.2. The maximum absolute atomic E-state index is 12.4. The van der Waals surface area contributed by atoms with E-state index >= 15 is 0 Å². The van der Waals surface area contributed by atoms with Crippen molar-refractivity contribution < 1.29 is 27.9 Å². The molecule has 0 radical (unpaired) electrons. The fourth-order valence-electron chi connectivity index (χ4n) is 2.19. The molecule has 2 heterocycles. The third-order valence-corrected chi connectivity index (χ3v) is 3.03. The molecule has 0 spiro atoms. The molecule has 9 heteroatoms. The molecule has 1 aliphatic rings. The second kappa shape index (κ2) is 4.25. The van der Waals surface area contributed by atoms with Gasteiger partial charge in [0, 0.05) is 31.3 Å². The Kier molecular flexibility index (Phi) is 2.99. The largest absolute Gasteiger partial charge is 0.479 e. The quantitative estimate of drug-likeness (QED) is 0.810. The Labute approximate surface area is 105 Å². The predicted molar refractivity (Wildman–Crippen MR) is 55.1 cm³/mol. The third kappa shape index (κ3) is 2.15. The minimum absolute atomic E-state index is 0.124. The SMILES string of the molecule is Cn1ncc2c1CCN(C(=O)C(F)(F)F)C2C(=O)O. The average Bonchev–Trinajstić information content (AvgIpc) is 2.67. The number of carboxylic acid groups (broad SMARTS) is 1. The number of fused-ring (bicyclic) bond motifs is 1. The molecule has 1 unspecified atom stereocenters.